The normalized spacial score (nSPS) is 11.8. The summed E-state index contributed by atoms with van der Waals surface area (Å²) in [5.74, 6) is 0.945. The lowest BCUT2D eigenvalue weighted by atomic mass is 10.1. The predicted octanol–water partition coefficient (Wildman–Crippen LogP) is 6.27. The Kier molecular flexibility index (Phi) is 7.07. The van der Waals surface area contributed by atoms with Crippen LogP contribution in [0.3, 0.4) is 0 Å². The summed E-state index contributed by atoms with van der Waals surface area (Å²) in [5, 5.41) is 3.07. The fraction of sp³-hybridized carbons (Fsp3) is 0.214. The Morgan fingerprint density at radius 2 is 1.65 bits per heavy atom. The highest BCUT2D eigenvalue weighted by Gasteiger charge is 2.25. The van der Waals surface area contributed by atoms with Crippen LogP contribution in [0.4, 0.5) is 4.39 Å². The van der Waals surface area contributed by atoms with Crippen LogP contribution in [0.2, 0.25) is 0 Å². The number of carbonyl (C=O) groups excluding carboxylic acids is 1. The van der Waals surface area contributed by atoms with Crippen molar-refractivity contribution in [1.29, 1.82) is 0 Å². The van der Waals surface area contributed by atoms with Crippen molar-refractivity contribution >= 4 is 5.91 Å². The number of amides is 1. The van der Waals surface area contributed by atoms with Gasteiger partial charge in [0.2, 0.25) is 0 Å². The van der Waals surface area contributed by atoms with Crippen LogP contribution >= 0.6 is 0 Å². The number of halogens is 1. The number of hydrogen-bond acceptors (Lipinski definition) is 3. The Morgan fingerprint density at radius 3 is 2.26 bits per heavy atom. The molecule has 0 spiro atoms. The zero-order chi connectivity index (χ0) is 24.1. The van der Waals surface area contributed by atoms with Crippen molar-refractivity contribution in [2.45, 2.75) is 33.4 Å². The van der Waals surface area contributed by atoms with Crippen molar-refractivity contribution < 1.29 is 13.9 Å². The second-order valence-electron chi connectivity index (χ2n) is 7.95. The molecule has 3 aromatic carbocycles. The molecule has 0 bridgehead atoms. The Morgan fingerprint density at radius 1 is 0.971 bits per heavy atom. The standard InChI is InChI=1S/C28H28FN3O2/c1-4-32-26(28(33)30-19(3)20-11-15-23(29)16-12-20)25(21-13-17-24(18-14-21)34-5-2)31-27(32)22-9-7-6-8-10-22/h6-19H,4-5H2,1-3H3,(H,30,33). The molecule has 1 N–H and O–H groups in total. The topological polar surface area (TPSA) is 56.2 Å². The van der Waals surface area contributed by atoms with E-state index < -0.39 is 0 Å². The molecule has 34 heavy (non-hydrogen) atoms. The number of carbonyl (C=O) groups is 1. The fourth-order valence-electron chi connectivity index (χ4n) is 3.98. The van der Waals surface area contributed by atoms with Gasteiger partial charge in [0.25, 0.3) is 5.91 Å². The summed E-state index contributed by atoms with van der Waals surface area (Å²) < 4.78 is 20.9. The Hall–Kier alpha value is -3.93. The predicted molar refractivity (Wildman–Crippen MR) is 132 cm³/mol. The van der Waals surface area contributed by atoms with Crippen molar-refractivity contribution in [3.63, 3.8) is 0 Å². The van der Waals surface area contributed by atoms with Gasteiger partial charge in [-0.1, -0.05) is 42.5 Å². The summed E-state index contributed by atoms with van der Waals surface area (Å²) in [6.45, 7) is 6.97. The smallest absolute Gasteiger partial charge is 0.270 e. The van der Waals surface area contributed by atoms with Gasteiger partial charge in [-0.05, 0) is 62.7 Å². The molecule has 1 amide bonds. The molecule has 1 unspecified atom stereocenters. The van der Waals surface area contributed by atoms with Gasteiger partial charge in [0, 0.05) is 17.7 Å². The van der Waals surface area contributed by atoms with E-state index in [9.17, 15) is 9.18 Å². The minimum Gasteiger partial charge on any atom is -0.494 e. The van der Waals surface area contributed by atoms with Crippen molar-refractivity contribution in [3.8, 4) is 28.4 Å². The Labute approximate surface area is 199 Å². The molecule has 0 saturated heterocycles. The molecular formula is C28H28FN3O2. The Bertz CT molecular complexity index is 1250. The summed E-state index contributed by atoms with van der Waals surface area (Å²) in [7, 11) is 0. The lowest BCUT2D eigenvalue weighted by Crippen LogP contribution is -2.29. The van der Waals surface area contributed by atoms with Crippen LogP contribution in [0, 0.1) is 5.82 Å². The Balaban J connectivity index is 1.77. The molecule has 5 nitrogen and oxygen atoms in total. The monoisotopic (exact) mass is 457 g/mol. The van der Waals surface area contributed by atoms with E-state index >= 15 is 0 Å². The molecule has 1 atom stereocenters. The molecule has 0 aliphatic heterocycles. The molecule has 0 saturated carbocycles. The summed E-state index contributed by atoms with van der Waals surface area (Å²) in [6.07, 6.45) is 0. The van der Waals surface area contributed by atoms with Gasteiger partial charge in [0.05, 0.1) is 12.6 Å². The first-order chi connectivity index (χ1) is 16.5. The molecule has 4 aromatic rings. The largest absolute Gasteiger partial charge is 0.494 e. The van der Waals surface area contributed by atoms with Crippen LogP contribution in [-0.4, -0.2) is 22.1 Å². The number of ether oxygens (including phenoxy) is 1. The maximum atomic E-state index is 13.6. The van der Waals surface area contributed by atoms with Crippen molar-refractivity contribution in [1.82, 2.24) is 14.9 Å². The van der Waals surface area contributed by atoms with Gasteiger partial charge in [0.1, 0.15) is 28.8 Å². The highest BCUT2D eigenvalue weighted by atomic mass is 19.1. The lowest BCUT2D eigenvalue weighted by molar-refractivity contribution is 0.0931. The van der Waals surface area contributed by atoms with Crippen LogP contribution in [0.15, 0.2) is 78.9 Å². The second-order valence-corrected chi connectivity index (χ2v) is 7.95. The van der Waals surface area contributed by atoms with Crippen LogP contribution in [0.5, 0.6) is 5.75 Å². The van der Waals surface area contributed by atoms with Gasteiger partial charge in [-0.3, -0.25) is 4.79 Å². The minimum absolute atomic E-state index is 0.239. The number of nitrogens with one attached hydrogen (secondary N) is 1. The van der Waals surface area contributed by atoms with Crippen molar-refractivity contribution in [2.75, 3.05) is 6.61 Å². The number of hydrogen-bond donors (Lipinski definition) is 1. The molecule has 4 rings (SSSR count). The summed E-state index contributed by atoms with van der Waals surface area (Å²) in [5.41, 5.74) is 3.67. The van der Waals surface area contributed by atoms with Crippen molar-refractivity contribution in [2.24, 2.45) is 0 Å². The van der Waals surface area contributed by atoms with E-state index in [0.29, 0.717) is 24.5 Å². The molecule has 174 valence electrons. The molecular weight excluding hydrogens is 429 g/mol. The summed E-state index contributed by atoms with van der Waals surface area (Å²) >= 11 is 0. The van der Waals surface area contributed by atoms with E-state index in [1.165, 1.54) is 12.1 Å². The van der Waals surface area contributed by atoms with E-state index in [4.69, 9.17) is 9.72 Å². The van der Waals surface area contributed by atoms with Gasteiger partial charge in [-0.2, -0.15) is 0 Å². The average molecular weight is 458 g/mol. The van der Waals surface area contributed by atoms with E-state index in [1.807, 2.05) is 79.9 Å². The average Bonchev–Trinajstić information content (AvgIpc) is 3.25. The van der Waals surface area contributed by atoms with Gasteiger partial charge < -0.3 is 14.6 Å². The number of nitrogens with zero attached hydrogens (tertiary/aromatic N) is 2. The second kappa shape index (κ2) is 10.3. The van der Waals surface area contributed by atoms with Crippen molar-refractivity contribution in [3.05, 3.63) is 95.9 Å². The summed E-state index contributed by atoms with van der Waals surface area (Å²) in [4.78, 5) is 18.5. The third kappa shape index (κ3) is 4.86. The van der Waals surface area contributed by atoms with Crippen LogP contribution in [0.25, 0.3) is 22.6 Å². The van der Waals surface area contributed by atoms with Crippen LogP contribution < -0.4 is 10.1 Å². The first-order valence-corrected chi connectivity index (χ1v) is 11.5. The number of imidazole rings is 1. The number of benzene rings is 3. The molecule has 0 aliphatic rings. The third-order valence-corrected chi connectivity index (χ3v) is 5.69. The fourth-order valence-corrected chi connectivity index (χ4v) is 3.98. The van der Waals surface area contributed by atoms with Gasteiger partial charge >= 0.3 is 0 Å². The zero-order valence-electron chi connectivity index (χ0n) is 19.6. The molecule has 0 fully saturated rings. The molecule has 0 radical (unpaired) electrons. The summed E-state index contributed by atoms with van der Waals surface area (Å²) in [6, 6.07) is 23.3. The van der Waals surface area contributed by atoms with E-state index in [1.54, 1.807) is 12.1 Å². The van der Waals surface area contributed by atoms with Gasteiger partial charge in [-0.15, -0.1) is 0 Å². The maximum Gasteiger partial charge on any atom is 0.270 e. The highest BCUT2D eigenvalue weighted by Crippen LogP contribution is 2.31. The molecule has 1 aromatic heterocycles. The van der Waals surface area contributed by atoms with Gasteiger partial charge in [-0.25, -0.2) is 9.37 Å². The molecule has 0 aliphatic carbocycles. The SMILES string of the molecule is CCOc1ccc(-c2nc(-c3ccccc3)n(CC)c2C(=O)NC(C)c2ccc(F)cc2)cc1. The highest BCUT2D eigenvalue weighted by molar-refractivity contribution is 5.99. The lowest BCUT2D eigenvalue weighted by Gasteiger charge is -2.16. The quantitative estimate of drug-likeness (QED) is 0.339. The first kappa shape index (κ1) is 23.2. The van der Waals surface area contributed by atoms with E-state index in [-0.39, 0.29) is 17.8 Å². The minimum atomic E-state index is -0.309. The van der Waals surface area contributed by atoms with E-state index in [2.05, 4.69) is 5.32 Å². The molecule has 6 heteroatoms. The zero-order valence-corrected chi connectivity index (χ0v) is 19.6. The number of aromatic nitrogens is 2. The van der Waals surface area contributed by atoms with Crippen LogP contribution in [-0.2, 0) is 6.54 Å². The van der Waals surface area contributed by atoms with Gasteiger partial charge in [0.15, 0.2) is 0 Å². The first-order valence-electron chi connectivity index (χ1n) is 11.5. The maximum absolute atomic E-state index is 13.6. The third-order valence-electron chi connectivity index (χ3n) is 5.69. The van der Waals surface area contributed by atoms with Crippen LogP contribution in [0.1, 0.15) is 42.9 Å². The van der Waals surface area contributed by atoms with E-state index in [0.717, 1.165) is 28.3 Å². The number of rotatable bonds is 8. The molecule has 1 heterocycles.